The second-order valence-electron chi connectivity index (χ2n) is 6.45. The average molecular weight is 371 g/mol. The van der Waals surface area contributed by atoms with Crippen LogP contribution >= 0.6 is 11.3 Å². The number of carbonyl (C=O) groups is 1. The molecule has 0 unspecified atom stereocenters. The van der Waals surface area contributed by atoms with Crippen molar-refractivity contribution in [1.29, 1.82) is 0 Å². The fourth-order valence-corrected chi connectivity index (χ4v) is 4.01. The molecule has 1 saturated heterocycles. The number of piperidine rings is 1. The van der Waals surface area contributed by atoms with E-state index in [0.29, 0.717) is 12.3 Å². The predicted molar refractivity (Wildman–Crippen MR) is 97.8 cm³/mol. The molecule has 1 aliphatic heterocycles. The minimum Gasteiger partial charge on any atom is -0.342 e. The molecule has 136 valence electrons. The second-order valence-corrected chi connectivity index (χ2v) is 7.23. The molecule has 4 rings (SSSR count). The number of likely N-dealkylation sites (tertiary alicyclic amines) is 1. The third kappa shape index (κ3) is 3.41. The van der Waals surface area contributed by atoms with Crippen LogP contribution < -0.4 is 0 Å². The van der Waals surface area contributed by atoms with Crippen molar-refractivity contribution in [3.05, 3.63) is 40.5 Å². The summed E-state index contributed by atoms with van der Waals surface area (Å²) in [5, 5.41) is 12.5. The summed E-state index contributed by atoms with van der Waals surface area (Å²) < 4.78 is 7.28. The van der Waals surface area contributed by atoms with Crippen LogP contribution in [0.15, 0.2) is 33.6 Å². The molecule has 3 aromatic heterocycles. The highest BCUT2D eigenvalue weighted by molar-refractivity contribution is 7.08. The molecule has 0 bridgehead atoms. The smallest absolute Gasteiger partial charge is 0.276 e. The van der Waals surface area contributed by atoms with Crippen LogP contribution in [0.1, 0.15) is 37.1 Å². The van der Waals surface area contributed by atoms with Crippen LogP contribution in [0.3, 0.4) is 0 Å². The predicted octanol–water partition coefficient (Wildman–Crippen LogP) is 2.96. The Morgan fingerprint density at radius 3 is 2.92 bits per heavy atom. The van der Waals surface area contributed by atoms with Crippen LogP contribution in [0.2, 0.25) is 0 Å². The van der Waals surface area contributed by atoms with Crippen molar-refractivity contribution < 1.29 is 9.32 Å². The Balaban J connectivity index is 1.37. The lowest BCUT2D eigenvalue weighted by Crippen LogP contribution is -2.38. The maximum absolute atomic E-state index is 12.4. The number of aryl methyl sites for hydroxylation is 1. The summed E-state index contributed by atoms with van der Waals surface area (Å²) in [7, 11) is 0. The summed E-state index contributed by atoms with van der Waals surface area (Å²) in [6.07, 6.45) is 3.95. The van der Waals surface area contributed by atoms with Gasteiger partial charge in [-0.1, -0.05) is 5.16 Å². The normalized spacial score (nSPS) is 15.5. The van der Waals surface area contributed by atoms with Crippen molar-refractivity contribution >= 4 is 17.2 Å². The van der Waals surface area contributed by atoms with Crippen LogP contribution in [-0.2, 0) is 17.8 Å². The number of carbonyl (C=O) groups excluding carboxylic acids is 1. The molecule has 0 spiro atoms. The highest BCUT2D eigenvalue weighted by Crippen LogP contribution is 2.28. The SMILES string of the molecule is CCn1nccc1-c1nc(C2CCN(C(=O)Cc3ccsc3)CC2)no1. The average Bonchev–Trinajstić information content (AvgIpc) is 3.42. The van der Waals surface area contributed by atoms with Gasteiger partial charge in [-0.25, -0.2) is 0 Å². The summed E-state index contributed by atoms with van der Waals surface area (Å²) in [4.78, 5) is 18.9. The first-order valence-corrected chi connectivity index (χ1v) is 9.83. The van der Waals surface area contributed by atoms with E-state index in [1.807, 2.05) is 39.4 Å². The lowest BCUT2D eigenvalue weighted by Gasteiger charge is -2.30. The molecule has 26 heavy (non-hydrogen) atoms. The van der Waals surface area contributed by atoms with Crippen molar-refractivity contribution in [2.24, 2.45) is 0 Å². The van der Waals surface area contributed by atoms with Crippen molar-refractivity contribution in [3.8, 4) is 11.6 Å². The molecule has 0 saturated carbocycles. The van der Waals surface area contributed by atoms with Crippen LogP contribution in [0.5, 0.6) is 0 Å². The third-order valence-electron chi connectivity index (χ3n) is 4.83. The van der Waals surface area contributed by atoms with Gasteiger partial charge >= 0.3 is 0 Å². The fourth-order valence-electron chi connectivity index (χ4n) is 3.34. The Morgan fingerprint density at radius 1 is 1.35 bits per heavy atom. The number of nitrogens with zero attached hydrogens (tertiary/aromatic N) is 5. The van der Waals surface area contributed by atoms with Gasteiger partial charge in [0, 0.05) is 31.7 Å². The Morgan fingerprint density at radius 2 is 2.19 bits per heavy atom. The molecule has 1 amide bonds. The Labute approximate surface area is 155 Å². The summed E-state index contributed by atoms with van der Waals surface area (Å²) in [6, 6.07) is 3.89. The molecule has 1 aliphatic rings. The quantitative estimate of drug-likeness (QED) is 0.689. The Bertz CT molecular complexity index is 862. The lowest BCUT2D eigenvalue weighted by atomic mass is 9.96. The van der Waals surface area contributed by atoms with E-state index in [1.54, 1.807) is 17.5 Å². The summed E-state index contributed by atoms with van der Waals surface area (Å²) in [6.45, 7) is 4.26. The van der Waals surface area contributed by atoms with Gasteiger partial charge < -0.3 is 9.42 Å². The van der Waals surface area contributed by atoms with Crippen LogP contribution in [0, 0.1) is 0 Å². The summed E-state index contributed by atoms with van der Waals surface area (Å²) in [5.41, 5.74) is 1.94. The largest absolute Gasteiger partial charge is 0.342 e. The van der Waals surface area contributed by atoms with Crippen molar-refractivity contribution in [3.63, 3.8) is 0 Å². The lowest BCUT2D eigenvalue weighted by molar-refractivity contribution is -0.131. The Hall–Kier alpha value is -2.48. The van der Waals surface area contributed by atoms with Gasteiger partial charge in [0.25, 0.3) is 5.89 Å². The van der Waals surface area contributed by atoms with Gasteiger partial charge in [0.05, 0.1) is 6.42 Å². The van der Waals surface area contributed by atoms with E-state index in [1.165, 1.54) is 0 Å². The van der Waals surface area contributed by atoms with Gasteiger partial charge in [-0.2, -0.15) is 21.4 Å². The van der Waals surface area contributed by atoms with E-state index in [4.69, 9.17) is 4.52 Å². The highest BCUT2D eigenvalue weighted by Gasteiger charge is 2.27. The van der Waals surface area contributed by atoms with E-state index in [0.717, 1.165) is 49.6 Å². The molecule has 1 fully saturated rings. The zero-order chi connectivity index (χ0) is 17.9. The molecule has 0 N–H and O–H groups in total. The van der Waals surface area contributed by atoms with E-state index in [2.05, 4.69) is 15.2 Å². The number of thiophene rings is 1. The van der Waals surface area contributed by atoms with Gasteiger partial charge in [-0.15, -0.1) is 0 Å². The van der Waals surface area contributed by atoms with Crippen molar-refractivity contribution in [1.82, 2.24) is 24.8 Å². The molecule has 0 radical (unpaired) electrons. The first-order valence-electron chi connectivity index (χ1n) is 8.89. The monoisotopic (exact) mass is 371 g/mol. The number of amides is 1. The van der Waals surface area contributed by atoms with Crippen LogP contribution in [0.25, 0.3) is 11.6 Å². The molecule has 8 heteroatoms. The van der Waals surface area contributed by atoms with E-state index >= 15 is 0 Å². The molecule has 0 atom stereocenters. The molecular weight excluding hydrogens is 350 g/mol. The first kappa shape index (κ1) is 17.0. The van der Waals surface area contributed by atoms with Gasteiger partial charge in [-0.3, -0.25) is 9.48 Å². The topological polar surface area (TPSA) is 77.1 Å². The second kappa shape index (κ2) is 7.41. The summed E-state index contributed by atoms with van der Waals surface area (Å²) in [5.74, 6) is 1.67. The highest BCUT2D eigenvalue weighted by atomic mass is 32.1. The Kier molecular flexibility index (Phi) is 4.83. The molecule has 7 nitrogen and oxygen atoms in total. The van der Waals surface area contributed by atoms with E-state index in [-0.39, 0.29) is 11.8 Å². The fraction of sp³-hybridized carbons (Fsp3) is 0.444. The van der Waals surface area contributed by atoms with Gasteiger partial charge in [-0.05, 0) is 48.2 Å². The van der Waals surface area contributed by atoms with Gasteiger partial charge in [0.2, 0.25) is 5.91 Å². The molecule has 4 heterocycles. The zero-order valence-electron chi connectivity index (χ0n) is 14.7. The number of rotatable bonds is 5. The van der Waals surface area contributed by atoms with E-state index in [9.17, 15) is 4.79 Å². The number of hydrogen-bond donors (Lipinski definition) is 0. The van der Waals surface area contributed by atoms with Gasteiger partial charge in [0.1, 0.15) is 5.69 Å². The molecule has 0 aromatic carbocycles. The van der Waals surface area contributed by atoms with Gasteiger partial charge in [0.15, 0.2) is 5.82 Å². The summed E-state index contributed by atoms with van der Waals surface area (Å²) >= 11 is 1.63. The minimum atomic E-state index is 0.197. The number of aromatic nitrogens is 4. The van der Waals surface area contributed by atoms with E-state index < -0.39 is 0 Å². The van der Waals surface area contributed by atoms with Crippen molar-refractivity contribution in [2.75, 3.05) is 13.1 Å². The standard InChI is InChI=1S/C18H21N5O2S/c1-2-23-15(3-7-19-23)18-20-17(21-25-18)14-4-8-22(9-5-14)16(24)11-13-6-10-26-12-13/h3,6-7,10,12,14H,2,4-5,8-9,11H2,1H3. The zero-order valence-corrected chi connectivity index (χ0v) is 15.5. The number of hydrogen-bond acceptors (Lipinski definition) is 6. The third-order valence-corrected chi connectivity index (χ3v) is 5.56. The molecular formula is C18H21N5O2S. The maximum Gasteiger partial charge on any atom is 0.276 e. The minimum absolute atomic E-state index is 0.197. The van der Waals surface area contributed by atoms with Crippen LogP contribution in [0.4, 0.5) is 0 Å². The molecule has 3 aromatic rings. The molecule has 0 aliphatic carbocycles. The van der Waals surface area contributed by atoms with Crippen LogP contribution in [-0.4, -0.2) is 43.8 Å². The maximum atomic E-state index is 12.4. The first-order chi connectivity index (χ1) is 12.7. The van der Waals surface area contributed by atoms with Crippen molar-refractivity contribution in [2.45, 2.75) is 38.6 Å².